The van der Waals surface area contributed by atoms with Crippen molar-refractivity contribution in [1.29, 1.82) is 0 Å². The molecule has 0 saturated carbocycles. The van der Waals surface area contributed by atoms with Gasteiger partial charge in [-0.25, -0.2) is 0 Å². The highest BCUT2D eigenvalue weighted by atomic mass is 35.5. The van der Waals surface area contributed by atoms with Gasteiger partial charge in [0.2, 0.25) is 0 Å². The van der Waals surface area contributed by atoms with Gasteiger partial charge in [-0.05, 0) is 17.5 Å². The lowest BCUT2D eigenvalue weighted by Gasteiger charge is -2.12. The second-order valence-electron chi connectivity index (χ2n) is 5.88. The molecule has 0 fully saturated rings. The highest BCUT2D eigenvalue weighted by molar-refractivity contribution is 6.34. The summed E-state index contributed by atoms with van der Waals surface area (Å²) in [6, 6.07) is 11.9. The molecule has 26 heavy (non-hydrogen) atoms. The Hall–Kier alpha value is -2.99. The molecule has 0 atom stereocenters. The van der Waals surface area contributed by atoms with Gasteiger partial charge in [0, 0.05) is 23.9 Å². The van der Waals surface area contributed by atoms with Crippen molar-refractivity contribution in [1.82, 2.24) is 4.98 Å². The second-order valence-corrected chi connectivity index (χ2v) is 6.29. The lowest BCUT2D eigenvalue weighted by Crippen LogP contribution is -2.19. The fourth-order valence-electron chi connectivity index (χ4n) is 2.80. The number of carbonyl (C=O) groups is 1. The Bertz CT molecular complexity index is 1060. The molecule has 2 N–H and O–H groups in total. The van der Waals surface area contributed by atoms with Crippen LogP contribution in [0.3, 0.4) is 0 Å². The van der Waals surface area contributed by atoms with Crippen LogP contribution < -0.4 is 20.3 Å². The van der Waals surface area contributed by atoms with E-state index in [9.17, 15) is 9.59 Å². The normalized spacial score (nSPS) is 13.3. The van der Waals surface area contributed by atoms with Gasteiger partial charge in [-0.3, -0.25) is 9.59 Å². The van der Waals surface area contributed by atoms with Crippen molar-refractivity contribution >= 4 is 34.0 Å². The monoisotopic (exact) mass is 370 g/mol. The summed E-state index contributed by atoms with van der Waals surface area (Å²) < 4.78 is 11.2. The van der Waals surface area contributed by atoms with Crippen molar-refractivity contribution in [2.45, 2.75) is 6.42 Å². The van der Waals surface area contributed by atoms with E-state index in [1.165, 1.54) is 0 Å². The van der Waals surface area contributed by atoms with Gasteiger partial charge >= 0.3 is 0 Å². The van der Waals surface area contributed by atoms with Crippen LogP contribution in [-0.4, -0.2) is 24.1 Å². The van der Waals surface area contributed by atoms with E-state index in [1.54, 1.807) is 36.4 Å². The van der Waals surface area contributed by atoms with Crippen LogP contribution in [0.5, 0.6) is 11.5 Å². The van der Waals surface area contributed by atoms with Crippen molar-refractivity contribution < 1.29 is 14.3 Å². The predicted molar refractivity (Wildman–Crippen MR) is 99.6 cm³/mol. The van der Waals surface area contributed by atoms with Crippen molar-refractivity contribution in [2.75, 3.05) is 18.5 Å². The summed E-state index contributed by atoms with van der Waals surface area (Å²) in [5.74, 6) is 0.600. The zero-order valence-electron chi connectivity index (χ0n) is 13.7. The van der Waals surface area contributed by atoms with Crippen LogP contribution in [0.4, 0.5) is 5.69 Å². The summed E-state index contributed by atoms with van der Waals surface area (Å²) in [6.45, 7) is 1.08. The number of nitrogens with one attached hydrogen (secondary N) is 2. The minimum Gasteiger partial charge on any atom is -0.490 e. The topological polar surface area (TPSA) is 80.4 Å². The zero-order chi connectivity index (χ0) is 18.1. The lowest BCUT2D eigenvalue weighted by atomic mass is 10.1. The number of halogens is 1. The van der Waals surface area contributed by atoms with Gasteiger partial charge in [-0.1, -0.05) is 29.8 Å². The standard InChI is InChI=1S/C19H15ClN2O4/c20-13-9-16-17(26-7-3-6-25-16)10-14(13)21-19(24)15-8-11-4-1-2-5-12(11)18(23)22-15/h1-2,4-5,8-10H,3,6-7H2,(H,21,24)(H,22,23). The number of fused-ring (bicyclic) bond motifs is 2. The summed E-state index contributed by atoms with van der Waals surface area (Å²) in [7, 11) is 0. The number of rotatable bonds is 2. The molecule has 132 valence electrons. The maximum Gasteiger partial charge on any atom is 0.272 e. The van der Waals surface area contributed by atoms with Gasteiger partial charge in [0.1, 0.15) is 5.69 Å². The van der Waals surface area contributed by atoms with E-state index in [-0.39, 0.29) is 11.3 Å². The Balaban J connectivity index is 1.66. The molecule has 2 heterocycles. The van der Waals surface area contributed by atoms with Gasteiger partial charge < -0.3 is 19.8 Å². The SMILES string of the molecule is O=C(Nc1cc2c(cc1Cl)OCCCO2)c1cc2ccccc2c(=O)[nH]1. The third-order valence-corrected chi connectivity index (χ3v) is 4.40. The van der Waals surface area contributed by atoms with Crippen LogP contribution in [0.15, 0.2) is 47.3 Å². The summed E-state index contributed by atoms with van der Waals surface area (Å²) in [5, 5.41) is 4.25. The van der Waals surface area contributed by atoms with E-state index in [2.05, 4.69) is 10.3 Å². The largest absolute Gasteiger partial charge is 0.490 e. The maximum atomic E-state index is 12.6. The molecule has 7 heteroatoms. The van der Waals surface area contributed by atoms with Crippen molar-refractivity contribution in [2.24, 2.45) is 0 Å². The predicted octanol–water partition coefficient (Wildman–Crippen LogP) is 3.60. The van der Waals surface area contributed by atoms with E-state index in [0.717, 1.165) is 6.42 Å². The third kappa shape index (κ3) is 3.11. The van der Waals surface area contributed by atoms with Crippen LogP contribution in [0.25, 0.3) is 10.8 Å². The Morgan fingerprint density at radius 2 is 1.81 bits per heavy atom. The van der Waals surface area contributed by atoms with Crippen LogP contribution in [0.2, 0.25) is 5.02 Å². The smallest absolute Gasteiger partial charge is 0.272 e. The number of hydrogen-bond acceptors (Lipinski definition) is 4. The number of aromatic nitrogens is 1. The second kappa shape index (κ2) is 6.72. The summed E-state index contributed by atoms with van der Waals surface area (Å²) >= 11 is 6.25. The van der Waals surface area contributed by atoms with E-state index in [1.807, 2.05) is 6.07 Å². The summed E-state index contributed by atoms with van der Waals surface area (Å²) in [6.07, 6.45) is 0.770. The number of aromatic amines is 1. The molecule has 6 nitrogen and oxygen atoms in total. The molecule has 0 saturated heterocycles. The van der Waals surface area contributed by atoms with Crippen molar-refractivity contribution in [3.8, 4) is 11.5 Å². The number of pyridine rings is 1. The first kappa shape index (κ1) is 16.5. The number of H-pyrrole nitrogens is 1. The minimum absolute atomic E-state index is 0.150. The molecular formula is C19H15ClN2O4. The van der Waals surface area contributed by atoms with Crippen molar-refractivity contribution in [3.05, 3.63) is 63.5 Å². The molecule has 0 unspecified atom stereocenters. The molecule has 1 aromatic heterocycles. The number of anilines is 1. The minimum atomic E-state index is -0.468. The van der Waals surface area contributed by atoms with Crippen LogP contribution in [-0.2, 0) is 0 Å². The maximum absolute atomic E-state index is 12.6. The molecule has 0 aliphatic carbocycles. The lowest BCUT2D eigenvalue weighted by molar-refractivity contribution is 0.102. The molecule has 0 bridgehead atoms. The van der Waals surface area contributed by atoms with Gasteiger partial charge in [0.25, 0.3) is 11.5 Å². The molecule has 3 aromatic rings. The van der Waals surface area contributed by atoms with Crippen LogP contribution >= 0.6 is 11.6 Å². The first-order valence-electron chi connectivity index (χ1n) is 8.14. The van der Waals surface area contributed by atoms with Gasteiger partial charge in [-0.15, -0.1) is 0 Å². The highest BCUT2D eigenvalue weighted by Crippen LogP contribution is 2.37. The van der Waals surface area contributed by atoms with E-state index < -0.39 is 5.91 Å². The van der Waals surface area contributed by atoms with E-state index in [0.29, 0.717) is 46.2 Å². The Labute approximate surface area is 153 Å². The van der Waals surface area contributed by atoms with Gasteiger partial charge in [-0.2, -0.15) is 0 Å². The van der Waals surface area contributed by atoms with Crippen LogP contribution in [0, 0.1) is 0 Å². The number of ether oxygens (including phenoxy) is 2. The molecular weight excluding hydrogens is 356 g/mol. The summed E-state index contributed by atoms with van der Waals surface area (Å²) in [4.78, 5) is 27.3. The van der Waals surface area contributed by atoms with E-state index >= 15 is 0 Å². The number of benzene rings is 2. The molecule has 1 aliphatic rings. The number of carbonyl (C=O) groups excluding carboxylic acids is 1. The van der Waals surface area contributed by atoms with Crippen LogP contribution in [0.1, 0.15) is 16.9 Å². The first-order chi connectivity index (χ1) is 12.6. The fourth-order valence-corrected chi connectivity index (χ4v) is 3.00. The Morgan fingerprint density at radius 3 is 2.62 bits per heavy atom. The third-order valence-electron chi connectivity index (χ3n) is 4.08. The first-order valence-corrected chi connectivity index (χ1v) is 8.52. The molecule has 0 spiro atoms. The average Bonchev–Trinajstić information content (AvgIpc) is 2.87. The van der Waals surface area contributed by atoms with Crippen molar-refractivity contribution in [3.63, 3.8) is 0 Å². The average molecular weight is 371 g/mol. The molecule has 4 rings (SSSR count). The fraction of sp³-hybridized carbons (Fsp3) is 0.158. The number of amides is 1. The molecule has 1 amide bonds. The van der Waals surface area contributed by atoms with E-state index in [4.69, 9.17) is 21.1 Å². The Morgan fingerprint density at radius 1 is 1.08 bits per heavy atom. The zero-order valence-corrected chi connectivity index (χ0v) is 14.4. The van der Waals surface area contributed by atoms with Gasteiger partial charge in [0.05, 0.1) is 23.9 Å². The molecule has 1 aliphatic heterocycles. The van der Waals surface area contributed by atoms with Gasteiger partial charge in [0.15, 0.2) is 11.5 Å². The number of hydrogen-bond donors (Lipinski definition) is 2. The molecule has 2 aromatic carbocycles. The highest BCUT2D eigenvalue weighted by Gasteiger charge is 2.17. The quantitative estimate of drug-likeness (QED) is 0.722. The molecule has 0 radical (unpaired) electrons. The summed E-state index contributed by atoms with van der Waals surface area (Å²) in [5.41, 5.74) is 0.213. The Kier molecular flexibility index (Phi) is 4.26.